The topological polar surface area (TPSA) is 75.6 Å². The fraction of sp³-hybridized carbons (Fsp3) is 0.467. The molecule has 1 aliphatic rings. The molecule has 1 fully saturated rings. The number of carbonyl (C=O) groups is 2. The number of halogens is 1. The van der Waals surface area contributed by atoms with Crippen molar-refractivity contribution < 1.29 is 23.8 Å². The van der Waals surface area contributed by atoms with Gasteiger partial charge in [0.25, 0.3) is 0 Å². The van der Waals surface area contributed by atoms with E-state index in [2.05, 4.69) is 5.32 Å². The van der Waals surface area contributed by atoms with E-state index in [4.69, 9.17) is 4.74 Å². The first-order chi connectivity index (χ1) is 9.86. The Morgan fingerprint density at radius 1 is 1.48 bits per heavy atom. The lowest BCUT2D eigenvalue weighted by atomic mass is 9.95. The van der Waals surface area contributed by atoms with Crippen molar-refractivity contribution in [1.82, 2.24) is 5.32 Å². The third kappa shape index (κ3) is 3.32. The molecule has 6 heteroatoms. The van der Waals surface area contributed by atoms with Gasteiger partial charge in [-0.05, 0) is 43.4 Å². The van der Waals surface area contributed by atoms with Crippen LogP contribution < -0.4 is 10.1 Å². The van der Waals surface area contributed by atoms with Gasteiger partial charge >= 0.3 is 5.97 Å². The summed E-state index contributed by atoms with van der Waals surface area (Å²) in [4.78, 5) is 23.3. The van der Waals surface area contributed by atoms with Crippen molar-refractivity contribution in [3.63, 3.8) is 0 Å². The number of rotatable bonds is 6. The summed E-state index contributed by atoms with van der Waals surface area (Å²) in [5.74, 6) is -1.96. The summed E-state index contributed by atoms with van der Waals surface area (Å²) in [5.41, 5.74) is -0.781. The fourth-order valence-electron chi connectivity index (χ4n) is 2.33. The molecule has 0 aromatic heterocycles. The summed E-state index contributed by atoms with van der Waals surface area (Å²) in [6.07, 6.45) is 1.51. The van der Waals surface area contributed by atoms with Crippen LogP contribution in [-0.2, 0) is 16.0 Å². The lowest BCUT2D eigenvalue weighted by molar-refractivity contribution is -0.147. The Bertz CT molecular complexity index is 571. The first-order valence-corrected chi connectivity index (χ1v) is 6.73. The second-order valence-corrected chi connectivity index (χ2v) is 5.48. The fourth-order valence-corrected chi connectivity index (χ4v) is 2.33. The van der Waals surface area contributed by atoms with Gasteiger partial charge in [-0.1, -0.05) is 6.07 Å². The van der Waals surface area contributed by atoms with Crippen LogP contribution in [0.5, 0.6) is 5.75 Å². The molecule has 2 N–H and O–H groups in total. The molecule has 1 unspecified atom stereocenters. The lowest BCUT2D eigenvalue weighted by Crippen LogP contribution is -2.54. The van der Waals surface area contributed by atoms with Crippen molar-refractivity contribution in [2.45, 2.75) is 31.7 Å². The monoisotopic (exact) mass is 295 g/mol. The smallest absolute Gasteiger partial charge is 0.329 e. The van der Waals surface area contributed by atoms with E-state index in [1.165, 1.54) is 26.2 Å². The molecule has 2 rings (SSSR count). The normalized spacial score (nSPS) is 16.9. The summed E-state index contributed by atoms with van der Waals surface area (Å²) in [6.45, 7) is 1.51. The Morgan fingerprint density at radius 3 is 2.62 bits per heavy atom. The molecular weight excluding hydrogens is 277 g/mol. The number of benzene rings is 1. The molecule has 0 spiro atoms. The van der Waals surface area contributed by atoms with Crippen molar-refractivity contribution in [2.75, 3.05) is 7.11 Å². The standard InChI is InChI=1S/C15H18FNO4/c1-15(14(19)20,10-4-5-10)17-13(18)8-9-3-6-12(21-2)11(16)7-9/h3,6-7,10H,4-5,8H2,1-2H3,(H,17,18)(H,19,20). The van der Waals surface area contributed by atoms with Gasteiger partial charge in [0.2, 0.25) is 5.91 Å². The van der Waals surface area contributed by atoms with E-state index < -0.39 is 23.2 Å². The SMILES string of the molecule is COc1ccc(CC(=O)NC(C)(C(=O)O)C2CC2)cc1F. The molecule has 1 aromatic rings. The van der Waals surface area contributed by atoms with Gasteiger partial charge in [0.15, 0.2) is 11.6 Å². The number of hydrogen-bond donors (Lipinski definition) is 2. The van der Waals surface area contributed by atoms with Gasteiger partial charge in [-0.3, -0.25) is 4.79 Å². The van der Waals surface area contributed by atoms with Crippen molar-refractivity contribution in [1.29, 1.82) is 0 Å². The number of methoxy groups -OCH3 is 1. The van der Waals surface area contributed by atoms with Gasteiger partial charge in [0.05, 0.1) is 13.5 Å². The van der Waals surface area contributed by atoms with E-state index in [-0.39, 0.29) is 18.1 Å². The van der Waals surface area contributed by atoms with Gasteiger partial charge in [0.1, 0.15) is 5.54 Å². The molecule has 1 aliphatic carbocycles. The molecule has 1 saturated carbocycles. The Balaban J connectivity index is 2.04. The predicted octanol–water partition coefficient (Wildman–Crippen LogP) is 1.75. The van der Waals surface area contributed by atoms with E-state index in [1.807, 2.05) is 0 Å². The quantitative estimate of drug-likeness (QED) is 0.838. The molecule has 5 nitrogen and oxygen atoms in total. The summed E-state index contributed by atoms with van der Waals surface area (Å²) < 4.78 is 18.4. The van der Waals surface area contributed by atoms with Crippen LogP contribution in [-0.4, -0.2) is 29.6 Å². The Morgan fingerprint density at radius 2 is 2.14 bits per heavy atom. The highest BCUT2D eigenvalue weighted by atomic mass is 19.1. The minimum absolute atomic E-state index is 0.0356. The van der Waals surface area contributed by atoms with Crippen LogP contribution in [0, 0.1) is 11.7 Å². The molecule has 114 valence electrons. The lowest BCUT2D eigenvalue weighted by Gasteiger charge is -2.26. The minimum atomic E-state index is -1.25. The van der Waals surface area contributed by atoms with Crippen molar-refractivity contribution in [2.24, 2.45) is 5.92 Å². The van der Waals surface area contributed by atoms with E-state index in [0.717, 1.165) is 12.8 Å². The average Bonchev–Trinajstić information content (AvgIpc) is 3.22. The van der Waals surface area contributed by atoms with Crippen LogP contribution in [0.25, 0.3) is 0 Å². The summed E-state index contributed by atoms with van der Waals surface area (Å²) in [7, 11) is 1.36. The number of amides is 1. The zero-order valence-corrected chi connectivity index (χ0v) is 12.0. The Kier molecular flexibility index (Phi) is 4.16. The number of carbonyl (C=O) groups excluding carboxylic acids is 1. The molecule has 21 heavy (non-hydrogen) atoms. The maximum absolute atomic E-state index is 13.6. The first-order valence-electron chi connectivity index (χ1n) is 6.73. The third-order valence-corrected chi connectivity index (χ3v) is 3.82. The molecule has 0 heterocycles. The Hall–Kier alpha value is -2.11. The first kappa shape index (κ1) is 15.3. The van der Waals surface area contributed by atoms with Gasteiger partial charge < -0.3 is 15.2 Å². The van der Waals surface area contributed by atoms with Crippen molar-refractivity contribution >= 4 is 11.9 Å². The second kappa shape index (κ2) is 5.71. The number of hydrogen-bond acceptors (Lipinski definition) is 3. The highest BCUT2D eigenvalue weighted by molar-refractivity contribution is 5.88. The van der Waals surface area contributed by atoms with Crippen LogP contribution in [0.15, 0.2) is 18.2 Å². The van der Waals surface area contributed by atoms with Gasteiger partial charge in [-0.2, -0.15) is 0 Å². The highest BCUT2D eigenvalue weighted by Gasteiger charge is 2.48. The average molecular weight is 295 g/mol. The molecule has 0 saturated heterocycles. The maximum Gasteiger partial charge on any atom is 0.329 e. The molecule has 1 amide bonds. The molecule has 0 radical (unpaired) electrons. The van der Waals surface area contributed by atoms with Crippen LogP contribution in [0.2, 0.25) is 0 Å². The van der Waals surface area contributed by atoms with Crippen LogP contribution >= 0.6 is 0 Å². The summed E-state index contributed by atoms with van der Waals surface area (Å²) in [5, 5.41) is 11.8. The van der Waals surface area contributed by atoms with E-state index in [1.54, 1.807) is 6.07 Å². The number of ether oxygens (including phenoxy) is 1. The van der Waals surface area contributed by atoms with Gasteiger partial charge in [-0.25, -0.2) is 9.18 Å². The number of nitrogens with one attached hydrogen (secondary N) is 1. The molecule has 1 aromatic carbocycles. The van der Waals surface area contributed by atoms with E-state index >= 15 is 0 Å². The Labute approximate surface area is 122 Å². The molecule has 0 aliphatic heterocycles. The molecule has 1 atom stereocenters. The predicted molar refractivity (Wildman–Crippen MR) is 73.6 cm³/mol. The van der Waals surface area contributed by atoms with E-state index in [0.29, 0.717) is 5.56 Å². The van der Waals surface area contributed by atoms with Gasteiger partial charge in [-0.15, -0.1) is 0 Å². The van der Waals surface area contributed by atoms with Crippen molar-refractivity contribution in [3.8, 4) is 5.75 Å². The highest BCUT2D eigenvalue weighted by Crippen LogP contribution is 2.39. The number of aliphatic carboxylic acids is 1. The minimum Gasteiger partial charge on any atom is -0.494 e. The maximum atomic E-state index is 13.6. The third-order valence-electron chi connectivity index (χ3n) is 3.82. The zero-order valence-electron chi connectivity index (χ0n) is 12.0. The van der Waals surface area contributed by atoms with Crippen LogP contribution in [0.4, 0.5) is 4.39 Å². The molecular formula is C15H18FNO4. The van der Waals surface area contributed by atoms with Crippen LogP contribution in [0.1, 0.15) is 25.3 Å². The number of carboxylic acid groups (broad SMARTS) is 1. The second-order valence-electron chi connectivity index (χ2n) is 5.48. The van der Waals surface area contributed by atoms with E-state index in [9.17, 15) is 19.1 Å². The summed E-state index contributed by atoms with van der Waals surface area (Å²) in [6, 6.07) is 4.24. The van der Waals surface area contributed by atoms with Crippen LogP contribution in [0.3, 0.4) is 0 Å². The van der Waals surface area contributed by atoms with Crippen molar-refractivity contribution in [3.05, 3.63) is 29.6 Å². The largest absolute Gasteiger partial charge is 0.494 e. The zero-order chi connectivity index (χ0) is 15.6. The van der Waals surface area contributed by atoms with Gasteiger partial charge in [0, 0.05) is 0 Å². The summed E-state index contributed by atoms with van der Waals surface area (Å²) >= 11 is 0. The number of carboxylic acids is 1. The molecule has 0 bridgehead atoms.